The van der Waals surface area contributed by atoms with Gasteiger partial charge in [-0.25, -0.2) is 9.21 Å². The zero-order valence-corrected chi connectivity index (χ0v) is 13.0. The number of benzene rings is 1. The predicted octanol–water partition coefficient (Wildman–Crippen LogP) is 3.71. The highest BCUT2D eigenvalue weighted by Crippen LogP contribution is 2.34. The number of aliphatic carboxylic acids is 1. The Labute approximate surface area is 127 Å². The summed E-state index contributed by atoms with van der Waals surface area (Å²) in [5.74, 6) is -0.290. The zero-order valence-electron chi connectivity index (χ0n) is 11.4. The Morgan fingerprint density at radius 3 is 2.55 bits per heavy atom. The van der Waals surface area contributed by atoms with Gasteiger partial charge in [-0.2, -0.15) is 0 Å². The Balaban J connectivity index is 2.13. The minimum absolute atomic E-state index is 0.149. The lowest BCUT2D eigenvalue weighted by atomic mass is 9.99. The molecule has 0 amide bonds. The van der Waals surface area contributed by atoms with Gasteiger partial charge in [0.15, 0.2) is 0 Å². The monoisotopic (exact) mass is 312 g/mol. The highest BCUT2D eigenvalue weighted by Gasteiger charge is 2.27. The van der Waals surface area contributed by atoms with Crippen molar-refractivity contribution in [3.63, 3.8) is 0 Å². The Bertz CT molecular complexity index is 530. The third-order valence-electron chi connectivity index (χ3n) is 3.33. The molecule has 0 saturated heterocycles. The predicted molar refractivity (Wildman–Crippen MR) is 83.7 cm³/mol. The van der Waals surface area contributed by atoms with Gasteiger partial charge in [-0.1, -0.05) is 26.0 Å². The first-order valence-corrected chi connectivity index (χ1v) is 7.74. The summed E-state index contributed by atoms with van der Waals surface area (Å²) in [5, 5.41) is 9.12. The van der Waals surface area contributed by atoms with E-state index in [4.69, 9.17) is 16.7 Å². The molecule has 0 radical (unpaired) electrons. The highest BCUT2D eigenvalue weighted by atomic mass is 35.5. The topological polar surface area (TPSA) is 52.6 Å². The Morgan fingerprint density at radius 1 is 1.45 bits per heavy atom. The van der Waals surface area contributed by atoms with Gasteiger partial charge in [-0.05, 0) is 30.0 Å². The molecule has 0 fully saturated rings. The second-order valence-corrected chi connectivity index (χ2v) is 5.87. The lowest BCUT2D eigenvalue weighted by molar-refractivity contribution is -0.131. The van der Waals surface area contributed by atoms with Crippen LogP contribution in [-0.4, -0.2) is 17.0 Å². The van der Waals surface area contributed by atoms with Crippen LogP contribution in [0.5, 0.6) is 0 Å². The summed E-state index contributed by atoms with van der Waals surface area (Å²) < 4.78 is 1.72. The van der Waals surface area contributed by atoms with E-state index in [1.807, 2.05) is 12.1 Å². The van der Waals surface area contributed by atoms with Crippen LogP contribution < -0.4 is 9.84 Å². The van der Waals surface area contributed by atoms with Crippen LogP contribution >= 0.6 is 23.5 Å². The largest absolute Gasteiger partial charge is 0.477 e. The maximum atomic E-state index is 11.1. The van der Waals surface area contributed by atoms with Gasteiger partial charge >= 0.3 is 5.97 Å². The van der Waals surface area contributed by atoms with Crippen LogP contribution in [-0.2, 0) is 4.79 Å². The molecular weight excluding hydrogens is 296 g/mol. The van der Waals surface area contributed by atoms with Gasteiger partial charge in [0.05, 0.1) is 17.3 Å². The summed E-state index contributed by atoms with van der Waals surface area (Å²) in [6.07, 6.45) is 1.09. The average Bonchev–Trinajstić information content (AvgIpc) is 2.91. The molecule has 1 heterocycles. The van der Waals surface area contributed by atoms with E-state index in [9.17, 15) is 4.79 Å². The van der Waals surface area contributed by atoms with Gasteiger partial charge in [0.25, 0.3) is 0 Å². The number of carbonyl (C=O) groups is 1. The number of allylic oxidation sites excluding steroid dienone is 1. The maximum absolute atomic E-state index is 11.1. The van der Waals surface area contributed by atoms with E-state index in [0.717, 1.165) is 24.1 Å². The fourth-order valence-electron chi connectivity index (χ4n) is 1.89. The first-order chi connectivity index (χ1) is 9.56. The molecule has 0 saturated carbocycles. The number of carboxylic acid groups (broad SMARTS) is 1. The fourth-order valence-corrected chi connectivity index (χ4v) is 3.04. The maximum Gasteiger partial charge on any atom is 0.345 e. The molecule has 20 heavy (non-hydrogen) atoms. The smallest absolute Gasteiger partial charge is 0.345 e. The van der Waals surface area contributed by atoms with E-state index in [0.29, 0.717) is 11.6 Å². The number of hydrogen-bond donors (Lipinski definition) is 2. The third kappa shape index (κ3) is 3.04. The Hall–Kier alpha value is -1.33. The quantitative estimate of drug-likeness (QED) is 0.641. The molecule has 0 spiro atoms. The van der Waals surface area contributed by atoms with Gasteiger partial charge in [0.1, 0.15) is 4.91 Å². The van der Waals surface area contributed by atoms with Gasteiger partial charge in [0.2, 0.25) is 0 Å². The molecule has 1 aliphatic rings. The zero-order chi connectivity index (χ0) is 14.7. The van der Waals surface area contributed by atoms with Crippen LogP contribution in [0.4, 0.5) is 5.69 Å². The molecule has 2 rings (SSSR count). The third-order valence-corrected chi connectivity index (χ3v) is 4.69. The van der Waals surface area contributed by atoms with Crippen molar-refractivity contribution in [2.24, 2.45) is 0 Å². The number of nitrogens with zero attached hydrogens (tertiary/aromatic N) is 1. The Kier molecular flexibility index (Phi) is 4.83. The second-order valence-electron chi connectivity index (χ2n) is 4.64. The van der Waals surface area contributed by atoms with Gasteiger partial charge in [-0.3, -0.25) is 5.43 Å². The number of carboxylic acids is 1. The Morgan fingerprint density at radius 2 is 2.10 bits per heavy atom. The minimum Gasteiger partial charge on any atom is -0.477 e. The van der Waals surface area contributed by atoms with Crippen molar-refractivity contribution in [3.05, 3.63) is 40.4 Å². The molecule has 4 nitrogen and oxygen atoms in total. The molecular formula is C14H17ClN2O2S. The van der Waals surface area contributed by atoms with Crippen molar-refractivity contribution < 1.29 is 9.90 Å². The molecule has 2 N–H and O–H groups in total. The number of anilines is 1. The lowest BCUT2D eigenvalue weighted by Crippen LogP contribution is -2.26. The number of halogens is 1. The van der Waals surface area contributed by atoms with Crippen molar-refractivity contribution in [3.8, 4) is 0 Å². The number of rotatable bonds is 5. The molecule has 1 aromatic rings. The molecule has 1 aliphatic heterocycles. The number of alkyl halides is 1. The van der Waals surface area contributed by atoms with Gasteiger partial charge in [0, 0.05) is 11.9 Å². The number of hydrazine groups is 1. The van der Waals surface area contributed by atoms with Crippen LogP contribution in [0.15, 0.2) is 34.9 Å². The van der Waals surface area contributed by atoms with Crippen LogP contribution in [0, 0.1) is 0 Å². The standard InChI is InChI=1S/C14H17ClN2O2S/c1-3-9(2)10-4-6-11(7-5-10)17-16-12(8-15)13(20-17)14(18)19/h4-7,9,16H,3,8H2,1-2H3,(H,18,19). The first-order valence-electron chi connectivity index (χ1n) is 6.44. The van der Waals surface area contributed by atoms with E-state index in [1.54, 1.807) is 4.41 Å². The van der Waals surface area contributed by atoms with E-state index >= 15 is 0 Å². The van der Waals surface area contributed by atoms with E-state index in [1.165, 1.54) is 5.56 Å². The molecule has 1 atom stereocenters. The summed E-state index contributed by atoms with van der Waals surface area (Å²) in [4.78, 5) is 11.4. The normalized spacial score (nSPS) is 16.2. The van der Waals surface area contributed by atoms with Crippen molar-refractivity contribution in [1.29, 1.82) is 0 Å². The average molecular weight is 313 g/mol. The van der Waals surface area contributed by atoms with Gasteiger partial charge < -0.3 is 5.11 Å². The highest BCUT2D eigenvalue weighted by molar-refractivity contribution is 8.05. The van der Waals surface area contributed by atoms with Crippen LogP contribution in [0.1, 0.15) is 31.7 Å². The molecule has 6 heteroatoms. The molecule has 1 aromatic carbocycles. The fraction of sp³-hybridized carbons (Fsp3) is 0.357. The molecule has 0 bridgehead atoms. The van der Waals surface area contributed by atoms with Crippen LogP contribution in [0.2, 0.25) is 0 Å². The molecule has 1 unspecified atom stereocenters. The van der Waals surface area contributed by atoms with E-state index in [2.05, 4.69) is 31.4 Å². The van der Waals surface area contributed by atoms with Crippen molar-refractivity contribution in [1.82, 2.24) is 5.43 Å². The summed E-state index contributed by atoms with van der Waals surface area (Å²) in [5.41, 5.74) is 5.72. The SMILES string of the molecule is CCC(C)c1ccc(N2NC(CCl)=C(C(=O)O)S2)cc1. The minimum atomic E-state index is -0.961. The van der Waals surface area contributed by atoms with E-state index in [-0.39, 0.29) is 10.8 Å². The number of nitrogens with one attached hydrogen (secondary N) is 1. The van der Waals surface area contributed by atoms with E-state index < -0.39 is 5.97 Å². The summed E-state index contributed by atoms with van der Waals surface area (Å²) in [6, 6.07) is 8.12. The summed E-state index contributed by atoms with van der Waals surface area (Å²) >= 11 is 6.90. The van der Waals surface area contributed by atoms with Gasteiger partial charge in [-0.15, -0.1) is 11.6 Å². The van der Waals surface area contributed by atoms with Crippen molar-refractivity contribution >= 4 is 35.2 Å². The van der Waals surface area contributed by atoms with Crippen molar-refractivity contribution in [2.75, 3.05) is 10.3 Å². The molecule has 0 aliphatic carbocycles. The lowest BCUT2D eigenvalue weighted by Gasteiger charge is -2.19. The number of hydrogen-bond acceptors (Lipinski definition) is 4. The van der Waals surface area contributed by atoms with Crippen LogP contribution in [0.25, 0.3) is 0 Å². The summed E-state index contributed by atoms with van der Waals surface area (Å²) in [7, 11) is 0. The van der Waals surface area contributed by atoms with Crippen molar-refractivity contribution in [2.45, 2.75) is 26.2 Å². The summed E-state index contributed by atoms with van der Waals surface area (Å²) in [6.45, 7) is 4.35. The molecule has 108 valence electrons. The first kappa shape index (κ1) is 15.1. The second kappa shape index (κ2) is 6.41. The van der Waals surface area contributed by atoms with Crippen LogP contribution in [0.3, 0.4) is 0 Å². The molecule has 0 aromatic heterocycles.